The van der Waals surface area contributed by atoms with Gasteiger partial charge in [-0.1, -0.05) is 36.4 Å². The molecule has 0 saturated heterocycles. The van der Waals surface area contributed by atoms with E-state index in [0.717, 1.165) is 5.39 Å². The van der Waals surface area contributed by atoms with Crippen molar-refractivity contribution in [2.75, 3.05) is 5.01 Å². The van der Waals surface area contributed by atoms with Crippen LogP contribution in [0.5, 0.6) is 0 Å². The Bertz CT molecular complexity index is 1430. The Labute approximate surface area is 193 Å². The van der Waals surface area contributed by atoms with E-state index in [-0.39, 0.29) is 22.0 Å². The third kappa shape index (κ3) is 3.99. The van der Waals surface area contributed by atoms with Gasteiger partial charge in [0, 0.05) is 0 Å². The number of hydrazone groups is 1. The molecule has 1 atom stereocenters. The molecule has 1 N–H and O–H groups in total. The van der Waals surface area contributed by atoms with Gasteiger partial charge >= 0.3 is 12.4 Å². The maximum Gasteiger partial charge on any atom is 0.438 e. The highest BCUT2D eigenvalue weighted by Crippen LogP contribution is 2.44. The summed E-state index contributed by atoms with van der Waals surface area (Å²) in [4.78, 5) is 7.08. The van der Waals surface area contributed by atoms with E-state index in [1.165, 1.54) is 24.5 Å². The second-order valence-corrected chi connectivity index (χ2v) is 7.83. The summed E-state index contributed by atoms with van der Waals surface area (Å²) in [7, 11) is 0. The molecule has 6 nitrogen and oxygen atoms in total. The van der Waals surface area contributed by atoms with Gasteiger partial charge in [-0.05, 0) is 40.6 Å². The number of aliphatic hydroxyl groups is 1. The summed E-state index contributed by atoms with van der Waals surface area (Å²) in [6.45, 7) is 0. The lowest BCUT2D eigenvalue weighted by Gasteiger charge is -2.32. The topological polar surface area (TPSA) is 74.8 Å². The van der Waals surface area contributed by atoms with Crippen molar-refractivity contribution in [3.8, 4) is 11.5 Å². The fourth-order valence-corrected chi connectivity index (χ4v) is 3.73. The van der Waals surface area contributed by atoms with Crippen LogP contribution in [-0.4, -0.2) is 32.7 Å². The van der Waals surface area contributed by atoms with E-state index in [4.69, 9.17) is 4.42 Å². The van der Waals surface area contributed by atoms with E-state index in [0.29, 0.717) is 11.5 Å². The van der Waals surface area contributed by atoms with Crippen LogP contribution in [-0.2, 0) is 6.18 Å². The van der Waals surface area contributed by atoms with Crippen molar-refractivity contribution in [2.24, 2.45) is 5.10 Å². The third-order valence-electron chi connectivity index (χ3n) is 5.49. The molecule has 4 aromatic rings. The molecule has 35 heavy (non-hydrogen) atoms. The van der Waals surface area contributed by atoms with Gasteiger partial charge in [-0.3, -0.25) is 0 Å². The van der Waals surface area contributed by atoms with Gasteiger partial charge < -0.3 is 9.52 Å². The van der Waals surface area contributed by atoms with Gasteiger partial charge in [-0.15, -0.1) is 0 Å². The summed E-state index contributed by atoms with van der Waals surface area (Å²) in [6.07, 6.45) is -10.2. The van der Waals surface area contributed by atoms with Crippen LogP contribution in [0.1, 0.15) is 17.7 Å². The molecule has 2 aromatic heterocycles. The van der Waals surface area contributed by atoms with Crippen molar-refractivity contribution in [3.63, 3.8) is 0 Å². The maximum atomic E-state index is 14.1. The number of anilines is 1. The normalized spacial score (nSPS) is 18.8. The average molecular weight is 492 g/mol. The molecule has 0 amide bonds. The van der Waals surface area contributed by atoms with Crippen LogP contribution >= 0.6 is 0 Å². The number of nitrogens with zero attached hydrogens (tertiary/aromatic N) is 4. The van der Waals surface area contributed by atoms with E-state index >= 15 is 0 Å². The maximum absolute atomic E-state index is 14.1. The van der Waals surface area contributed by atoms with Crippen molar-refractivity contribution in [2.45, 2.75) is 24.5 Å². The minimum Gasteiger partial charge on any atom is -0.463 e. The second-order valence-electron chi connectivity index (χ2n) is 7.83. The summed E-state index contributed by atoms with van der Waals surface area (Å²) in [5.41, 5.74) is -5.57. The number of rotatable bonds is 3. The third-order valence-corrected chi connectivity index (χ3v) is 5.49. The first-order chi connectivity index (χ1) is 16.5. The van der Waals surface area contributed by atoms with Crippen molar-refractivity contribution in [3.05, 3.63) is 78.2 Å². The summed E-state index contributed by atoms with van der Waals surface area (Å²) in [6, 6.07) is 15.1. The highest BCUT2D eigenvalue weighted by atomic mass is 19.4. The first-order valence-electron chi connectivity index (χ1n) is 10.1. The number of aromatic nitrogens is 2. The van der Waals surface area contributed by atoms with Crippen molar-refractivity contribution in [1.29, 1.82) is 0 Å². The zero-order chi connectivity index (χ0) is 25.0. The van der Waals surface area contributed by atoms with Gasteiger partial charge in [0.2, 0.25) is 5.95 Å². The molecule has 1 aliphatic rings. The molecule has 0 radical (unpaired) electrons. The lowest BCUT2D eigenvalue weighted by molar-refractivity contribution is -0.254. The zero-order valence-corrected chi connectivity index (χ0v) is 17.5. The summed E-state index contributed by atoms with van der Waals surface area (Å²) in [5.74, 6) is -1.21. The molecule has 3 heterocycles. The predicted octanol–water partition coefficient (Wildman–Crippen LogP) is 5.77. The first kappa shape index (κ1) is 22.8. The van der Waals surface area contributed by atoms with Crippen LogP contribution in [0.15, 0.2) is 76.4 Å². The summed E-state index contributed by atoms with van der Waals surface area (Å²) in [5, 5.41) is 16.1. The number of halogens is 6. The van der Waals surface area contributed by atoms with E-state index in [1.807, 2.05) is 0 Å². The van der Waals surface area contributed by atoms with Crippen molar-refractivity contribution < 1.29 is 35.9 Å². The first-order valence-corrected chi connectivity index (χ1v) is 10.1. The lowest BCUT2D eigenvalue weighted by Crippen LogP contribution is -2.55. The molecular weight excluding hydrogens is 478 g/mol. The minimum absolute atomic E-state index is 0.0147. The molecule has 0 unspecified atom stereocenters. The summed E-state index contributed by atoms with van der Waals surface area (Å²) < 4.78 is 87.9. The number of benzene rings is 2. The van der Waals surface area contributed by atoms with Crippen molar-refractivity contribution >= 4 is 22.4 Å². The standard InChI is InChI=1S/C23H14F6N4O2/c24-22(25,26)19-11-16(18-6-3-9-35-18)30-20(31-19)33-21(34,23(27,28)29)12-17(32-33)15-8-7-13-4-1-2-5-14(13)10-15/h1-11,34H,12H2/t21-/m1/s1. The SMILES string of the molecule is O[C@@]1(C(F)(F)F)CC(c2ccc3ccccc3c2)=NN1c1nc(-c2ccco2)cc(C(F)(F)F)n1. The number of furan rings is 1. The predicted molar refractivity (Wildman–Crippen MR) is 113 cm³/mol. The fourth-order valence-electron chi connectivity index (χ4n) is 3.73. The van der Waals surface area contributed by atoms with Crippen LogP contribution in [0.2, 0.25) is 0 Å². The second kappa shape index (κ2) is 7.80. The van der Waals surface area contributed by atoms with E-state index in [2.05, 4.69) is 15.1 Å². The molecule has 0 saturated carbocycles. The zero-order valence-electron chi connectivity index (χ0n) is 17.5. The lowest BCUT2D eigenvalue weighted by atomic mass is 9.98. The smallest absolute Gasteiger partial charge is 0.438 e. The van der Waals surface area contributed by atoms with Gasteiger partial charge in [0.15, 0.2) is 11.5 Å². The molecule has 0 fully saturated rings. The molecule has 0 bridgehead atoms. The van der Waals surface area contributed by atoms with Gasteiger partial charge in [0.05, 0.1) is 18.4 Å². The Hall–Kier alpha value is -3.93. The largest absolute Gasteiger partial charge is 0.463 e. The van der Waals surface area contributed by atoms with E-state index < -0.39 is 41.8 Å². The highest BCUT2D eigenvalue weighted by Gasteiger charge is 2.63. The van der Waals surface area contributed by atoms with Crippen LogP contribution in [0.4, 0.5) is 32.3 Å². The Morgan fingerprint density at radius 2 is 1.63 bits per heavy atom. The molecule has 12 heteroatoms. The molecule has 1 aliphatic heterocycles. The van der Waals surface area contributed by atoms with E-state index in [1.54, 1.807) is 36.4 Å². The average Bonchev–Trinajstić information content (AvgIpc) is 3.46. The molecule has 0 spiro atoms. The number of hydrogen-bond donors (Lipinski definition) is 1. The quantitative estimate of drug-likeness (QED) is 0.368. The van der Waals surface area contributed by atoms with Crippen molar-refractivity contribution in [1.82, 2.24) is 9.97 Å². The van der Waals surface area contributed by atoms with Crippen LogP contribution < -0.4 is 5.01 Å². The Morgan fingerprint density at radius 3 is 2.29 bits per heavy atom. The molecule has 2 aromatic carbocycles. The monoisotopic (exact) mass is 492 g/mol. The molecule has 0 aliphatic carbocycles. The minimum atomic E-state index is -5.31. The number of hydrogen-bond acceptors (Lipinski definition) is 6. The Kier molecular flexibility index (Phi) is 5.09. The molecule has 180 valence electrons. The van der Waals surface area contributed by atoms with Crippen LogP contribution in [0.25, 0.3) is 22.2 Å². The Morgan fingerprint density at radius 1 is 0.886 bits per heavy atom. The number of alkyl halides is 6. The molecule has 5 rings (SSSR count). The van der Waals surface area contributed by atoms with Crippen LogP contribution in [0, 0.1) is 0 Å². The van der Waals surface area contributed by atoms with E-state index in [9.17, 15) is 31.4 Å². The van der Waals surface area contributed by atoms with Gasteiger partial charge in [0.25, 0.3) is 5.72 Å². The highest BCUT2D eigenvalue weighted by molar-refractivity contribution is 6.06. The van der Waals surface area contributed by atoms with Gasteiger partial charge in [0.1, 0.15) is 5.69 Å². The number of fused-ring (bicyclic) bond motifs is 1. The molecular formula is C23H14F6N4O2. The van der Waals surface area contributed by atoms with Crippen LogP contribution in [0.3, 0.4) is 0 Å². The van der Waals surface area contributed by atoms with Gasteiger partial charge in [-0.25, -0.2) is 9.97 Å². The summed E-state index contributed by atoms with van der Waals surface area (Å²) >= 11 is 0. The van der Waals surface area contributed by atoms with Gasteiger partial charge in [-0.2, -0.15) is 36.5 Å². The fraction of sp³-hybridized carbons (Fsp3) is 0.174. The Balaban J connectivity index is 1.68.